The SMILES string of the molecule is CC(Nc1nc(NC2CCC(F)(F)CC2)nc(-c2cccc(Cl)n2)n1)C(F)(F)F. The fraction of sp³-hybridized carbons (Fsp3) is 0.529. The number of aromatic nitrogens is 4. The molecule has 2 aromatic heterocycles. The highest BCUT2D eigenvalue weighted by Crippen LogP contribution is 2.34. The fourth-order valence-electron chi connectivity index (χ4n) is 2.79. The highest BCUT2D eigenvalue weighted by atomic mass is 35.5. The molecule has 1 aliphatic rings. The number of anilines is 2. The van der Waals surface area contributed by atoms with E-state index in [-0.39, 0.29) is 60.3 Å². The summed E-state index contributed by atoms with van der Waals surface area (Å²) in [7, 11) is 0. The van der Waals surface area contributed by atoms with Crippen molar-refractivity contribution < 1.29 is 22.0 Å². The van der Waals surface area contributed by atoms with Gasteiger partial charge < -0.3 is 10.6 Å². The van der Waals surface area contributed by atoms with Crippen molar-refractivity contribution in [3.8, 4) is 11.5 Å². The third kappa shape index (κ3) is 5.84. The van der Waals surface area contributed by atoms with Crippen LogP contribution in [0.15, 0.2) is 18.2 Å². The number of alkyl halides is 5. The van der Waals surface area contributed by atoms with Gasteiger partial charge in [-0.25, -0.2) is 13.8 Å². The molecule has 1 atom stereocenters. The van der Waals surface area contributed by atoms with Crippen LogP contribution < -0.4 is 10.6 Å². The molecule has 2 aromatic rings. The quantitative estimate of drug-likeness (QED) is 0.511. The van der Waals surface area contributed by atoms with Gasteiger partial charge in [0.2, 0.25) is 17.8 Å². The van der Waals surface area contributed by atoms with Crippen molar-refractivity contribution in [2.24, 2.45) is 0 Å². The predicted octanol–water partition coefficient (Wildman–Crippen LogP) is 4.94. The Hall–Kier alpha value is -2.30. The highest BCUT2D eigenvalue weighted by molar-refractivity contribution is 6.29. The molecule has 3 rings (SSSR count). The van der Waals surface area contributed by atoms with Crippen LogP contribution in [0.4, 0.5) is 33.8 Å². The van der Waals surface area contributed by atoms with Crippen LogP contribution in [0.2, 0.25) is 5.15 Å². The van der Waals surface area contributed by atoms with Gasteiger partial charge in [-0.15, -0.1) is 0 Å². The molecule has 0 spiro atoms. The second kappa shape index (κ2) is 8.21. The lowest BCUT2D eigenvalue weighted by molar-refractivity contribution is -0.138. The normalized spacial score (nSPS) is 18.3. The van der Waals surface area contributed by atoms with Gasteiger partial charge in [-0.05, 0) is 31.9 Å². The number of hydrogen-bond donors (Lipinski definition) is 2. The number of rotatable bonds is 5. The third-order valence-electron chi connectivity index (χ3n) is 4.47. The zero-order valence-corrected chi connectivity index (χ0v) is 16.0. The molecule has 0 bridgehead atoms. The van der Waals surface area contributed by atoms with Gasteiger partial charge in [0.1, 0.15) is 16.9 Å². The Morgan fingerprint density at radius 1 is 1.07 bits per heavy atom. The van der Waals surface area contributed by atoms with E-state index < -0.39 is 18.1 Å². The number of pyridine rings is 1. The molecule has 0 aliphatic heterocycles. The summed E-state index contributed by atoms with van der Waals surface area (Å²) < 4.78 is 65.4. The minimum absolute atomic E-state index is 0.00279. The first-order valence-electron chi connectivity index (χ1n) is 8.88. The minimum Gasteiger partial charge on any atom is -0.351 e. The number of hydrogen-bond acceptors (Lipinski definition) is 6. The maximum atomic E-state index is 13.4. The van der Waals surface area contributed by atoms with Crippen LogP contribution >= 0.6 is 11.6 Å². The molecule has 1 fully saturated rings. The van der Waals surface area contributed by atoms with E-state index in [2.05, 4.69) is 30.6 Å². The van der Waals surface area contributed by atoms with Crippen LogP contribution in [0.25, 0.3) is 11.5 Å². The Balaban J connectivity index is 1.88. The molecule has 2 heterocycles. The van der Waals surface area contributed by atoms with E-state index in [0.717, 1.165) is 6.92 Å². The zero-order chi connectivity index (χ0) is 21.2. The molecule has 0 saturated heterocycles. The molecule has 0 radical (unpaired) electrons. The summed E-state index contributed by atoms with van der Waals surface area (Å²) in [5, 5.41) is 5.27. The van der Waals surface area contributed by atoms with Gasteiger partial charge in [0.15, 0.2) is 5.82 Å². The third-order valence-corrected chi connectivity index (χ3v) is 4.68. The first-order chi connectivity index (χ1) is 13.5. The zero-order valence-electron chi connectivity index (χ0n) is 15.3. The maximum absolute atomic E-state index is 13.4. The molecule has 0 aromatic carbocycles. The van der Waals surface area contributed by atoms with Crippen LogP contribution in [-0.2, 0) is 0 Å². The van der Waals surface area contributed by atoms with E-state index >= 15 is 0 Å². The van der Waals surface area contributed by atoms with E-state index in [1.807, 2.05) is 0 Å². The molecule has 12 heteroatoms. The first-order valence-corrected chi connectivity index (χ1v) is 9.26. The van der Waals surface area contributed by atoms with Crippen molar-refractivity contribution in [2.75, 3.05) is 10.6 Å². The molecule has 1 unspecified atom stereocenters. The van der Waals surface area contributed by atoms with Gasteiger partial charge in [0, 0.05) is 18.9 Å². The fourth-order valence-corrected chi connectivity index (χ4v) is 2.96. The molecular weight excluding hydrogens is 419 g/mol. The topological polar surface area (TPSA) is 75.6 Å². The van der Waals surface area contributed by atoms with Crippen molar-refractivity contribution in [3.63, 3.8) is 0 Å². The monoisotopic (exact) mass is 436 g/mol. The van der Waals surface area contributed by atoms with Gasteiger partial charge in [-0.3, -0.25) is 0 Å². The van der Waals surface area contributed by atoms with Crippen molar-refractivity contribution in [1.29, 1.82) is 0 Å². The van der Waals surface area contributed by atoms with Gasteiger partial charge in [-0.1, -0.05) is 17.7 Å². The van der Waals surface area contributed by atoms with Gasteiger partial charge >= 0.3 is 6.18 Å². The summed E-state index contributed by atoms with van der Waals surface area (Å²) >= 11 is 5.87. The molecule has 1 aliphatic carbocycles. The Labute approximate surface area is 168 Å². The van der Waals surface area contributed by atoms with Crippen molar-refractivity contribution in [1.82, 2.24) is 19.9 Å². The van der Waals surface area contributed by atoms with Crippen LogP contribution in [-0.4, -0.2) is 44.1 Å². The molecule has 1 saturated carbocycles. The smallest absolute Gasteiger partial charge is 0.351 e. The standard InChI is InChI=1S/C17H18ClF5N6/c1-9(17(21,22)23)24-14-27-13(11-3-2-4-12(18)26-11)28-15(29-14)25-10-5-7-16(19,20)8-6-10/h2-4,9-10H,5-8H2,1H3,(H2,24,25,27,28,29). The lowest BCUT2D eigenvalue weighted by Gasteiger charge is -2.28. The van der Waals surface area contributed by atoms with E-state index in [0.29, 0.717) is 0 Å². The Bertz CT molecular complexity index is 852. The molecule has 158 valence electrons. The van der Waals surface area contributed by atoms with Crippen LogP contribution in [0, 0.1) is 0 Å². The minimum atomic E-state index is -4.51. The highest BCUT2D eigenvalue weighted by Gasteiger charge is 2.37. The van der Waals surface area contributed by atoms with Crippen LogP contribution in [0.1, 0.15) is 32.6 Å². The molecule has 6 nitrogen and oxygen atoms in total. The van der Waals surface area contributed by atoms with Crippen molar-refractivity contribution in [3.05, 3.63) is 23.4 Å². The summed E-state index contributed by atoms with van der Waals surface area (Å²) in [5.41, 5.74) is 0.237. The molecular formula is C17H18ClF5N6. The van der Waals surface area contributed by atoms with Crippen molar-refractivity contribution >= 4 is 23.5 Å². The lowest BCUT2D eigenvalue weighted by Crippen LogP contribution is -2.34. The van der Waals surface area contributed by atoms with E-state index in [9.17, 15) is 22.0 Å². The second-order valence-corrected chi connectivity index (χ2v) is 7.22. The Morgan fingerprint density at radius 3 is 2.34 bits per heavy atom. The largest absolute Gasteiger partial charge is 0.408 e. The summed E-state index contributed by atoms with van der Waals surface area (Å²) in [6, 6.07) is 2.43. The number of nitrogens with one attached hydrogen (secondary N) is 2. The van der Waals surface area contributed by atoms with Crippen LogP contribution in [0.3, 0.4) is 0 Å². The average molecular weight is 437 g/mol. The molecule has 0 amide bonds. The van der Waals surface area contributed by atoms with Gasteiger partial charge in [-0.2, -0.15) is 28.1 Å². The Kier molecular flexibility index (Phi) is 6.06. The van der Waals surface area contributed by atoms with Gasteiger partial charge in [0.25, 0.3) is 0 Å². The lowest BCUT2D eigenvalue weighted by atomic mass is 9.92. The Morgan fingerprint density at radius 2 is 1.72 bits per heavy atom. The summed E-state index contributed by atoms with van der Waals surface area (Å²) in [6.45, 7) is 0.928. The van der Waals surface area contributed by atoms with Crippen LogP contribution in [0.5, 0.6) is 0 Å². The maximum Gasteiger partial charge on any atom is 0.408 e. The molecule has 2 N–H and O–H groups in total. The van der Waals surface area contributed by atoms with E-state index in [4.69, 9.17) is 11.6 Å². The summed E-state index contributed by atoms with van der Waals surface area (Å²) in [4.78, 5) is 16.2. The van der Waals surface area contributed by atoms with E-state index in [1.165, 1.54) is 6.07 Å². The van der Waals surface area contributed by atoms with E-state index in [1.54, 1.807) is 12.1 Å². The van der Waals surface area contributed by atoms with Gasteiger partial charge in [0.05, 0.1) is 0 Å². The summed E-state index contributed by atoms with van der Waals surface area (Å²) in [6.07, 6.45) is -4.71. The first kappa shape index (κ1) is 21.4. The average Bonchev–Trinajstić information content (AvgIpc) is 2.62. The molecule has 29 heavy (non-hydrogen) atoms. The predicted molar refractivity (Wildman–Crippen MR) is 98.0 cm³/mol. The number of halogens is 6. The summed E-state index contributed by atoms with van der Waals surface area (Å²) in [5.74, 6) is -3.04. The number of nitrogens with zero attached hydrogens (tertiary/aromatic N) is 4. The van der Waals surface area contributed by atoms with Crippen molar-refractivity contribution in [2.45, 2.75) is 56.8 Å². The second-order valence-electron chi connectivity index (χ2n) is 6.83.